The molecule has 0 aliphatic heterocycles. The Kier molecular flexibility index (Phi) is 10.5. The highest BCUT2D eigenvalue weighted by Gasteiger charge is 2.33. The van der Waals surface area contributed by atoms with Gasteiger partial charge in [0.15, 0.2) is 0 Å². The number of amides is 2. The normalized spacial score (nSPS) is 12.7. The molecule has 0 bridgehead atoms. The van der Waals surface area contributed by atoms with E-state index in [1.54, 1.807) is 67.8 Å². The number of nitrogens with zero attached hydrogens (tertiary/aromatic N) is 2. The van der Waals surface area contributed by atoms with Crippen molar-refractivity contribution >= 4 is 27.5 Å². The van der Waals surface area contributed by atoms with Crippen LogP contribution in [-0.2, 0) is 26.2 Å². The summed E-state index contributed by atoms with van der Waals surface area (Å²) in [6.07, 6.45) is 1.10. The predicted molar refractivity (Wildman–Crippen MR) is 153 cm³/mol. The van der Waals surface area contributed by atoms with Gasteiger partial charge in [0.25, 0.3) is 10.0 Å². The summed E-state index contributed by atoms with van der Waals surface area (Å²) in [6.45, 7) is 5.38. The van der Waals surface area contributed by atoms with E-state index in [2.05, 4.69) is 5.32 Å². The van der Waals surface area contributed by atoms with Crippen molar-refractivity contribution in [3.63, 3.8) is 0 Å². The number of sulfonamides is 1. The minimum absolute atomic E-state index is 0.0660. The van der Waals surface area contributed by atoms with Crippen LogP contribution in [0.25, 0.3) is 0 Å². The summed E-state index contributed by atoms with van der Waals surface area (Å²) in [4.78, 5) is 28.8. The molecule has 0 fully saturated rings. The second kappa shape index (κ2) is 13.8. The van der Waals surface area contributed by atoms with Crippen molar-refractivity contribution in [2.75, 3.05) is 18.0 Å². The van der Waals surface area contributed by atoms with Gasteiger partial charge in [0.05, 0.1) is 17.7 Å². The smallest absolute Gasteiger partial charge is 0.264 e. The Morgan fingerprint density at radius 1 is 0.872 bits per heavy atom. The molecule has 1 N–H and O–H groups in total. The first-order valence-corrected chi connectivity index (χ1v) is 14.5. The van der Waals surface area contributed by atoms with Crippen LogP contribution in [0.1, 0.15) is 39.2 Å². The van der Waals surface area contributed by atoms with Gasteiger partial charge in [-0.05, 0) is 61.7 Å². The van der Waals surface area contributed by atoms with Gasteiger partial charge in [-0.15, -0.1) is 0 Å². The van der Waals surface area contributed by atoms with E-state index in [4.69, 9.17) is 4.74 Å². The Morgan fingerprint density at radius 3 is 2.00 bits per heavy atom. The number of hydrogen-bond donors (Lipinski definition) is 1. The fraction of sp³-hybridized carbons (Fsp3) is 0.333. The van der Waals surface area contributed by atoms with Crippen LogP contribution in [0, 0.1) is 0 Å². The van der Waals surface area contributed by atoms with Crippen LogP contribution >= 0.6 is 0 Å². The van der Waals surface area contributed by atoms with Crippen LogP contribution in [0.15, 0.2) is 89.8 Å². The highest BCUT2D eigenvalue weighted by Crippen LogP contribution is 2.25. The van der Waals surface area contributed by atoms with Gasteiger partial charge in [0, 0.05) is 12.6 Å². The summed E-state index contributed by atoms with van der Waals surface area (Å²) in [5.41, 5.74) is 1.15. The van der Waals surface area contributed by atoms with Gasteiger partial charge in [-0.2, -0.15) is 0 Å². The van der Waals surface area contributed by atoms with E-state index in [1.807, 2.05) is 32.9 Å². The number of ether oxygens (including phenoxy) is 1. The number of anilines is 1. The molecule has 39 heavy (non-hydrogen) atoms. The molecule has 3 aromatic carbocycles. The molecule has 0 unspecified atom stereocenters. The van der Waals surface area contributed by atoms with Gasteiger partial charge in [0.1, 0.15) is 18.3 Å². The number of rotatable bonds is 13. The maximum atomic E-state index is 14.0. The standard InChI is InChI=1S/C30H37N3O5S/c1-5-23(3)31-30(35)28(6-2)32(21-24-17-19-26(38-4)20-18-24)29(34)22-33(25-13-9-7-10-14-25)39(36,37)27-15-11-8-12-16-27/h7-20,23,28H,5-6,21-22H2,1-4H3,(H,31,35)/t23-,28+/m0/s1. The maximum absolute atomic E-state index is 14.0. The molecule has 0 heterocycles. The molecule has 0 saturated heterocycles. The van der Waals surface area contributed by atoms with Gasteiger partial charge < -0.3 is 15.0 Å². The van der Waals surface area contributed by atoms with Crippen LogP contribution < -0.4 is 14.4 Å². The Balaban J connectivity index is 2.01. The fourth-order valence-corrected chi connectivity index (χ4v) is 5.57. The molecule has 3 rings (SSSR count). The van der Waals surface area contributed by atoms with Crippen LogP contribution in [0.5, 0.6) is 5.75 Å². The second-order valence-electron chi connectivity index (χ2n) is 9.27. The SMILES string of the molecule is CC[C@H](C(=O)N[C@@H](C)CC)N(Cc1ccc(OC)cc1)C(=O)CN(c1ccccc1)S(=O)(=O)c1ccccc1. The molecule has 0 spiro atoms. The molecule has 2 amide bonds. The molecule has 0 aromatic heterocycles. The average molecular weight is 552 g/mol. The lowest BCUT2D eigenvalue weighted by Gasteiger charge is -2.33. The number of carbonyl (C=O) groups is 2. The summed E-state index contributed by atoms with van der Waals surface area (Å²) in [7, 11) is -2.50. The topological polar surface area (TPSA) is 96.0 Å². The zero-order valence-corrected chi connectivity index (χ0v) is 23.7. The zero-order chi connectivity index (χ0) is 28.4. The lowest BCUT2D eigenvalue weighted by molar-refractivity contribution is -0.140. The Bertz CT molecular complexity index is 1320. The molecule has 0 aliphatic carbocycles. The fourth-order valence-electron chi connectivity index (χ4n) is 4.13. The van der Waals surface area contributed by atoms with E-state index in [0.717, 1.165) is 16.3 Å². The number of benzene rings is 3. The molecule has 3 aromatic rings. The molecule has 0 aliphatic rings. The number of methoxy groups -OCH3 is 1. The monoisotopic (exact) mass is 551 g/mol. The van der Waals surface area contributed by atoms with Crippen molar-refractivity contribution in [1.29, 1.82) is 0 Å². The largest absolute Gasteiger partial charge is 0.497 e. The van der Waals surface area contributed by atoms with E-state index >= 15 is 0 Å². The lowest BCUT2D eigenvalue weighted by atomic mass is 10.1. The number of para-hydroxylation sites is 1. The minimum atomic E-state index is -4.07. The predicted octanol–water partition coefficient (Wildman–Crippen LogP) is 4.61. The van der Waals surface area contributed by atoms with Crippen LogP contribution in [0.2, 0.25) is 0 Å². The summed E-state index contributed by atoms with van der Waals surface area (Å²) >= 11 is 0. The number of carbonyl (C=O) groups excluding carboxylic acids is 2. The highest BCUT2D eigenvalue weighted by atomic mass is 32.2. The first-order valence-electron chi connectivity index (χ1n) is 13.1. The van der Waals surface area contributed by atoms with Gasteiger partial charge in [-0.3, -0.25) is 13.9 Å². The minimum Gasteiger partial charge on any atom is -0.497 e. The first kappa shape index (κ1) is 29.7. The Hall–Kier alpha value is -3.85. The zero-order valence-electron chi connectivity index (χ0n) is 22.9. The van der Waals surface area contributed by atoms with E-state index in [1.165, 1.54) is 17.0 Å². The first-order chi connectivity index (χ1) is 18.7. The maximum Gasteiger partial charge on any atom is 0.264 e. The lowest BCUT2D eigenvalue weighted by Crippen LogP contribution is -2.53. The third kappa shape index (κ3) is 7.60. The van der Waals surface area contributed by atoms with Crippen molar-refractivity contribution in [3.05, 3.63) is 90.5 Å². The average Bonchev–Trinajstić information content (AvgIpc) is 2.96. The molecule has 0 radical (unpaired) electrons. The number of nitrogens with one attached hydrogen (secondary N) is 1. The number of hydrogen-bond acceptors (Lipinski definition) is 5. The third-order valence-electron chi connectivity index (χ3n) is 6.55. The van der Waals surface area contributed by atoms with Crippen molar-refractivity contribution in [2.45, 2.75) is 57.1 Å². The van der Waals surface area contributed by atoms with Crippen LogP contribution in [0.4, 0.5) is 5.69 Å². The van der Waals surface area contributed by atoms with Crippen molar-refractivity contribution in [3.8, 4) is 5.75 Å². The second-order valence-corrected chi connectivity index (χ2v) is 11.1. The van der Waals surface area contributed by atoms with Crippen molar-refractivity contribution < 1.29 is 22.7 Å². The summed E-state index contributed by atoms with van der Waals surface area (Å²) in [6, 6.07) is 22.9. The van der Waals surface area contributed by atoms with Crippen molar-refractivity contribution in [1.82, 2.24) is 10.2 Å². The summed E-state index contributed by atoms with van der Waals surface area (Å²) in [5, 5.41) is 2.98. The third-order valence-corrected chi connectivity index (χ3v) is 8.34. The molecular formula is C30H37N3O5S. The quantitative estimate of drug-likeness (QED) is 0.335. The van der Waals surface area contributed by atoms with Gasteiger partial charge in [0.2, 0.25) is 11.8 Å². The molecule has 8 nitrogen and oxygen atoms in total. The molecule has 9 heteroatoms. The van der Waals surface area contributed by atoms with E-state index in [0.29, 0.717) is 17.9 Å². The van der Waals surface area contributed by atoms with E-state index in [9.17, 15) is 18.0 Å². The summed E-state index contributed by atoms with van der Waals surface area (Å²) < 4.78 is 33.8. The Labute approximate surface area is 231 Å². The van der Waals surface area contributed by atoms with Crippen molar-refractivity contribution in [2.24, 2.45) is 0 Å². The summed E-state index contributed by atoms with van der Waals surface area (Å²) in [5.74, 6) is -0.0893. The van der Waals surface area contributed by atoms with Gasteiger partial charge >= 0.3 is 0 Å². The molecular weight excluding hydrogens is 514 g/mol. The Morgan fingerprint density at radius 2 is 1.46 bits per heavy atom. The van der Waals surface area contributed by atoms with Crippen LogP contribution in [0.3, 0.4) is 0 Å². The molecule has 0 saturated carbocycles. The van der Waals surface area contributed by atoms with Crippen LogP contribution in [-0.4, -0.2) is 50.9 Å². The molecule has 2 atom stereocenters. The highest BCUT2D eigenvalue weighted by molar-refractivity contribution is 7.92. The van der Waals surface area contributed by atoms with Gasteiger partial charge in [-0.1, -0.05) is 62.4 Å². The van der Waals surface area contributed by atoms with E-state index < -0.39 is 28.5 Å². The van der Waals surface area contributed by atoms with Gasteiger partial charge in [-0.25, -0.2) is 8.42 Å². The van der Waals surface area contributed by atoms with E-state index in [-0.39, 0.29) is 23.4 Å². The molecule has 208 valence electrons.